The Morgan fingerprint density at radius 3 is 2.87 bits per heavy atom. The first-order chi connectivity index (χ1) is 6.99. The Labute approximate surface area is 90.6 Å². The van der Waals surface area contributed by atoms with Crippen LogP contribution >= 0.6 is 11.6 Å². The predicted molar refractivity (Wildman–Crippen MR) is 52.0 cm³/mol. The third-order valence-corrected chi connectivity index (χ3v) is 1.76. The number of carbonyl (C=O) groups is 2. The number of urea groups is 1. The van der Waals surface area contributed by atoms with Crippen molar-refractivity contribution in [2.75, 3.05) is 0 Å². The van der Waals surface area contributed by atoms with Crippen molar-refractivity contribution in [3.8, 4) is 0 Å². The van der Waals surface area contributed by atoms with Gasteiger partial charge in [0, 0.05) is 0 Å². The molecular weight excluding hydrogens is 222 g/mol. The number of alkyl halides is 1. The van der Waals surface area contributed by atoms with Gasteiger partial charge in [-0.15, -0.1) is 16.7 Å². The van der Waals surface area contributed by atoms with Gasteiger partial charge >= 0.3 is 6.03 Å². The highest BCUT2D eigenvalue weighted by molar-refractivity contribution is 6.20. The molecule has 3 amide bonds. The maximum Gasteiger partial charge on any atom is 0.318 e. The zero-order valence-electron chi connectivity index (χ0n) is 7.98. The average molecular weight is 232 g/mol. The van der Waals surface area contributed by atoms with Gasteiger partial charge < -0.3 is 5.73 Å². The van der Waals surface area contributed by atoms with Crippen LogP contribution in [-0.2, 0) is 11.3 Å². The summed E-state index contributed by atoms with van der Waals surface area (Å²) in [6.07, 6.45) is 1.53. The van der Waals surface area contributed by atoms with Crippen LogP contribution < -0.4 is 11.1 Å². The number of hydrogen-bond donors (Lipinski definition) is 2. The summed E-state index contributed by atoms with van der Waals surface area (Å²) < 4.78 is 1.27. The Morgan fingerprint density at radius 2 is 2.40 bits per heavy atom. The van der Waals surface area contributed by atoms with E-state index < -0.39 is 11.9 Å². The maximum atomic E-state index is 11.1. The van der Waals surface area contributed by atoms with Crippen LogP contribution in [0.1, 0.15) is 18.0 Å². The van der Waals surface area contributed by atoms with E-state index >= 15 is 0 Å². The number of halogens is 1. The van der Waals surface area contributed by atoms with Crippen molar-refractivity contribution in [3.63, 3.8) is 0 Å². The smallest absolute Gasteiger partial charge is 0.318 e. The van der Waals surface area contributed by atoms with E-state index in [1.54, 1.807) is 6.92 Å². The molecule has 1 atom stereocenters. The van der Waals surface area contributed by atoms with E-state index in [1.165, 1.54) is 10.9 Å². The molecule has 1 aromatic rings. The highest BCUT2D eigenvalue weighted by atomic mass is 35.5. The third kappa shape index (κ3) is 3.55. The normalized spacial score (nSPS) is 12.1. The van der Waals surface area contributed by atoms with E-state index in [2.05, 4.69) is 10.3 Å². The fraction of sp³-hybridized carbons (Fsp3) is 0.429. The van der Waals surface area contributed by atoms with E-state index in [1.807, 2.05) is 5.32 Å². The largest absolute Gasteiger partial charge is 0.351 e. The Hall–Kier alpha value is -1.63. The van der Waals surface area contributed by atoms with Gasteiger partial charge in [0.2, 0.25) is 5.91 Å². The van der Waals surface area contributed by atoms with E-state index in [0.29, 0.717) is 5.69 Å². The van der Waals surface area contributed by atoms with Crippen molar-refractivity contribution < 1.29 is 9.59 Å². The summed E-state index contributed by atoms with van der Waals surface area (Å²) in [6, 6.07) is -0.897. The average Bonchev–Trinajstić information content (AvgIpc) is 2.50. The molecule has 1 heterocycles. The molecule has 8 heteroatoms. The lowest BCUT2D eigenvalue weighted by atomic mass is 10.4. The summed E-state index contributed by atoms with van der Waals surface area (Å²) in [5.41, 5.74) is 5.32. The van der Waals surface area contributed by atoms with E-state index in [4.69, 9.17) is 17.3 Å². The quantitative estimate of drug-likeness (QED) is 0.702. The molecule has 1 unspecified atom stereocenters. The molecular formula is C7H10ClN5O2. The van der Waals surface area contributed by atoms with Crippen molar-refractivity contribution in [3.05, 3.63) is 11.9 Å². The minimum atomic E-state index is -0.897. The van der Waals surface area contributed by atoms with Gasteiger partial charge in [-0.3, -0.25) is 10.1 Å². The van der Waals surface area contributed by atoms with E-state index in [9.17, 15) is 9.59 Å². The van der Waals surface area contributed by atoms with Gasteiger partial charge in [0.25, 0.3) is 0 Å². The second-order valence-electron chi connectivity index (χ2n) is 2.87. The molecule has 1 aromatic heterocycles. The summed E-state index contributed by atoms with van der Waals surface area (Å²) >= 11 is 5.75. The number of nitrogens with two attached hydrogens (primary N) is 1. The highest BCUT2D eigenvalue weighted by Crippen LogP contribution is 2.14. The molecule has 0 aliphatic carbocycles. The van der Waals surface area contributed by atoms with Crippen LogP contribution in [0.5, 0.6) is 0 Å². The van der Waals surface area contributed by atoms with Crippen molar-refractivity contribution in [1.29, 1.82) is 0 Å². The van der Waals surface area contributed by atoms with Gasteiger partial charge in [-0.05, 0) is 6.92 Å². The fourth-order valence-corrected chi connectivity index (χ4v) is 0.997. The van der Waals surface area contributed by atoms with Gasteiger partial charge in [-0.1, -0.05) is 5.21 Å². The minimum Gasteiger partial charge on any atom is -0.351 e. The standard InChI is InChI=1S/C7H10ClN5O2/c1-4(8)5-2-13(12-11-5)3-6(14)10-7(9)15/h2,4H,3H2,1H3,(H3,9,10,14,15). The summed E-state index contributed by atoms with van der Waals surface area (Å²) in [5, 5.41) is 9.02. The number of aromatic nitrogens is 3. The molecule has 15 heavy (non-hydrogen) atoms. The Balaban J connectivity index is 2.57. The van der Waals surface area contributed by atoms with Crippen LogP contribution in [-0.4, -0.2) is 26.9 Å². The minimum absolute atomic E-state index is 0.125. The highest BCUT2D eigenvalue weighted by Gasteiger charge is 2.10. The molecule has 0 aliphatic rings. The number of nitrogens with zero attached hydrogens (tertiary/aromatic N) is 3. The molecule has 7 nitrogen and oxygen atoms in total. The first-order valence-electron chi connectivity index (χ1n) is 4.12. The summed E-state index contributed by atoms with van der Waals surface area (Å²) in [4.78, 5) is 21.4. The SMILES string of the molecule is CC(Cl)c1cn(CC(=O)NC(N)=O)nn1. The molecule has 0 saturated heterocycles. The Morgan fingerprint density at radius 1 is 1.73 bits per heavy atom. The fourth-order valence-electron chi connectivity index (χ4n) is 0.897. The number of carbonyl (C=O) groups excluding carboxylic acids is 2. The first-order valence-corrected chi connectivity index (χ1v) is 4.56. The van der Waals surface area contributed by atoms with Gasteiger partial charge in [0.1, 0.15) is 12.2 Å². The number of amides is 3. The van der Waals surface area contributed by atoms with Crippen LogP contribution in [0, 0.1) is 0 Å². The molecule has 0 spiro atoms. The third-order valence-electron chi connectivity index (χ3n) is 1.53. The van der Waals surface area contributed by atoms with Crippen molar-refractivity contribution in [1.82, 2.24) is 20.3 Å². The van der Waals surface area contributed by atoms with Crippen LogP contribution in [0.3, 0.4) is 0 Å². The summed E-state index contributed by atoms with van der Waals surface area (Å²) in [6.45, 7) is 1.61. The zero-order valence-corrected chi connectivity index (χ0v) is 8.73. The van der Waals surface area contributed by atoms with Gasteiger partial charge in [0.05, 0.1) is 11.6 Å². The van der Waals surface area contributed by atoms with Crippen molar-refractivity contribution >= 4 is 23.5 Å². The molecule has 0 fully saturated rings. The van der Waals surface area contributed by atoms with E-state index in [0.717, 1.165) is 0 Å². The van der Waals surface area contributed by atoms with Crippen molar-refractivity contribution in [2.45, 2.75) is 18.8 Å². The molecule has 3 N–H and O–H groups in total. The number of rotatable bonds is 3. The molecule has 82 valence electrons. The summed E-state index contributed by atoms with van der Waals surface area (Å²) in [7, 11) is 0. The Kier molecular flexibility index (Phi) is 3.62. The number of hydrogen-bond acceptors (Lipinski definition) is 4. The lowest BCUT2D eigenvalue weighted by Gasteiger charge is -1.99. The van der Waals surface area contributed by atoms with Crippen LogP contribution in [0.25, 0.3) is 0 Å². The number of nitrogens with one attached hydrogen (secondary N) is 1. The Bertz CT molecular complexity index is 375. The van der Waals surface area contributed by atoms with Gasteiger partial charge in [0.15, 0.2) is 0 Å². The van der Waals surface area contributed by atoms with Crippen LogP contribution in [0.4, 0.5) is 4.79 Å². The molecule has 1 rings (SSSR count). The molecule has 0 bridgehead atoms. The second-order valence-corrected chi connectivity index (χ2v) is 3.52. The second kappa shape index (κ2) is 4.74. The molecule has 0 saturated carbocycles. The van der Waals surface area contributed by atoms with Crippen molar-refractivity contribution in [2.24, 2.45) is 5.73 Å². The monoisotopic (exact) mass is 231 g/mol. The van der Waals surface area contributed by atoms with Gasteiger partial charge in [-0.25, -0.2) is 9.48 Å². The van der Waals surface area contributed by atoms with Gasteiger partial charge in [-0.2, -0.15) is 0 Å². The number of imide groups is 1. The molecule has 0 radical (unpaired) electrons. The predicted octanol–water partition coefficient (Wildman–Crippen LogP) is -0.227. The summed E-state index contributed by atoms with van der Waals surface area (Å²) in [5.74, 6) is -0.554. The van der Waals surface area contributed by atoms with E-state index in [-0.39, 0.29) is 11.9 Å². The van der Waals surface area contributed by atoms with Crippen LogP contribution in [0.2, 0.25) is 0 Å². The maximum absolute atomic E-state index is 11.1. The lowest BCUT2D eigenvalue weighted by molar-refractivity contribution is -0.120. The number of primary amides is 1. The molecule has 0 aromatic carbocycles. The zero-order chi connectivity index (χ0) is 11.4. The lowest BCUT2D eigenvalue weighted by Crippen LogP contribution is -2.37. The topological polar surface area (TPSA) is 103 Å². The first kappa shape index (κ1) is 11.4. The molecule has 0 aliphatic heterocycles. The van der Waals surface area contributed by atoms with Crippen LogP contribution in [0.15, 0.2) is 6.20 Å².